The van der Waals surface area contributed by atoms with E-state index >= 15 is 0 Å². The third kappa shape index (κ3) is 4.56. The second kappa shape index (κ2) is 7.73. The average Bonchev–Trinajstić information content (AvgIpc) is 2.46. The molecule has 3 N–H and O–H groups in total. The Morgan fingerprint density at radius 1 is 1.25 bits per heavy atom. The topological polar surface area (TPSA) is 78.4 Å². The Labute approximate surface area is 121 Å². The lowest BCUT2D eigenvalue weighted by Crippen LogP contribution is -2.31. The molecule has 0 aromatic heterocycles. The molecule has 0 aliphatic rings. The lowest BCUT2D eigenvalue weighted by molar-refractivity contribution is 0.257. The molecule has 0 aliphatic carbocycles. The Balaban J connectivity index is 2.78. The van der Waals surface area contributed by atoms with Gasteiger partial charge in [-0.05, 0) is 44.5 Å². The Hall–Kier alpha value is -0.950. The Morgan fingerprint density at radius 2 is 1.85 bits per heavy atom. The van der Waals surface area contributed by atoms with Gasteiger partial charge in [0.1, 0.15) is 0 Å². The first-order chi connectivity index (χ1) is 9.44. The zero-order valence-corrected chi connectivity index (χ0v) is 13.1. The molecule has 0 spiro atoms. The number of nitrogens with one attached hydrogen (secondary N) is 2. The van der Waals surface area contributed by atoms with Crippen LogP contribution in [-0.4, -0.2) is 33.2 Å². The van der Waals surface area contributed by atoms with Gasteiger partial charge in [-0.2, -0.15) is 0 Å². The maximum Gasteiger partial charge on any atom is 0.240 e. The van der Waals surface area contributed by atoms with Gasteiger partial charge < -0.3 is 10.4 Å². The highest BCUT2D eigenvalue weighted by Gasteiger charge is 2.14. The molecule has 2 unspecified atom stereocenters. The number of aliphatic hydroxyl groups excluding tert-OH is 1. The number of sulfonamides is 1. The fraction of sp³-hybridized carbons (Fsp3) is 0.571. The van der Waals surface area contributed by atoms with Gasteiger partial charge in [0.2, 0.25) is 10.0 Å². The average molecular weight is 300 g/mol. The van der Waals surface area contributed by atoms with Crippen LogP contribution in [0.5, 0.6) is 0 Å². The van der Waals surface area contributed by atoms with E-state index in [1.807, 2.05) is 19.1 Å². The normalized spacial score (nSPS) is 15.0. The van der Waals surface area contributed by atoms with Crippen molar-refractivity contribution in [2.24, 2.45) is 0 Å². The highest BCUT2D eigenvalue weighted by atomic mass is 32.2. The van der Waals surface area contributed by atoms with Gasteiger partial charge in [0.15, 0.2) is 0 Å². The van der Waals surface area contributed by atoms with Crippen LogP contribution in [0.4, 0.5) is 0 Å². The molecule has 0 aliphatic heterocycles. The highest BCUT2D eigenvalue weighted by molar-refractivity contribution is 7.89. The van der Waals surface area contributed by atoms with Crippen molar-refractivity contribution in [3.8, 4) is 0 Å². The van der Waals surface area contributed by atoms with Crippen molar-refractivity contribution in [3.05, 3.63) is 29.8 Å². The summed E-state index contributed by atoms with van der Waals surface area (Å²) in [7, 11) is -1.98. The van der Waals surface area contributed by atoms with E-state index in [2.05, 4.69) is 17.0 Å². The SMILES string of the molecule is CCC(CCO)NC(C)c1ccc(S(=O)(=O)NC)cc1. The molecule has 0 amide bonds. The minimum Gasteiger partial charge on any atom is -0.396 e. The monoisotopic (exact) mass is 300 g/mol. The standard InChI is InChI=1S/C14H24N2O3S/c1-4-13(9-10-17)16-11(2)12-5-7-14(8-6-12)20(18,19)15-3/h5-8,11,13,15-17H,4,9-10H2,1-3H3. The quantitative estimate of drug-likeness (QED) is 0.678. The van der Waals surface area contributed by atoms with Gasteiger partial charge in [0.05, 0.1) is 4.90 Å². The van der Waals surface area contributed by atoms with Crippen molar-refractivity contribution in [1.82, 2.24) is 10.0 Å². The van der Waals surface area contributed by atoms with Crippen molar-refractivity contribution in [2.45, 2.75) is 43.7 Å². The molecule has 0 bridgehead atoms. The number of benzene rings is 1. The van der Waals surface area contributed by atoms with Crippen LogP contribution in [-0.2, 0) is 10.0 Å². The molecule has 6 heteroatoms. The summed E-state index contributed by atoms with van der Waals surface area (Å²) < 4.78 is 25.6. The van der Waals surface area contributed by atoms with Crippen LogP contribution in [0.1, 0.15) is 38.3 Å². The summed E-state index contributed by atoms with van der Waals surface area (Å²) in [6.45, 7) is 4.27. The second-order valence-corrected chi connectivity index (χ2v) is 6.67. The molecule has 0 heterocycles. The molecule has 1 aromatic rings. The van der Waals surface area contributed by atoms with Gasteiger partial charge >= 0.3 is 0 Å². The molecule has 0 saturated heterocycles. The van der Waals surface area contributed by atoms with Gasteiger partial charge in [-0.15, -0.1) is 0 Å². The summed E-state index contributed by atoms with van der Waals surface area (Å²) in [4.78, 5) is 0.262. The van der Waals surface area contributed by atoms with Crippen LogP contribution in [0.3, 0.4) is 0 Å². The minimum atomic E-state index is -3.38. The van der Waals surface area contributed by atoms with Gasteiger partial charge in [-0.3, -0.25) is 0 Å². The predicted molar refractivity (Wildman–Crippen MR) is 80.0 cm³/mol. The maximum absolute atomic E-state index is 11.6. The molecule has 5 nitrogen and oxygen atoms in total. The predicted octanol–water partition coefficient (Wildman–Crippen LogP) is 1.41. The molecular weight excluding hydrogens is 276 g/mol. The van der Waals surface area contributed by atoms with Crippen LogP contribution >= 0.6 is 0 Å². The highest BCUT2D eigenvalue weighted by Crippen LogP contribution is 2.17. The molecule has 0 radical (unpaired) electrons. The molecule has 1 rings (SSSR count). The Kier molecular flexibility index (Phi) is 6.61. The third-order valence-corrected chi connectivity index (χ3v) is 4.85. The third-order valence-electron chi connectivity index (χ3n) is 3.42. The maximum atomic E-state index is 11.6. The van der Waals surface area contributed by atoms with Crippen LogP contribution in [0.15, 0.2) is 29.2 Å². The first-order valence-corrected chi connectivity index (χ1v) is 8.33. The molecule has 114 valence electrons. The van der Waals surface area contributed by atoms with E-state index in [9.17, 15) is 8.42 Å². The van der Waals surface area contributed by atoms with Gasteiger partial charge in [-0.1, -0.05) is 19.1 Å². The van der Waals surface area contributed by atoms with Crippen molar-refractivity contribution in [2.75, 3.05) is 13.7 Å². The lowest BCUT2D eigenvalue weighted by Gasteiger charge is -2.22. The smallest absolute Gasteiger partial charge is 0.240 e. The molecule has 2 atom stereocenters. The van der Waals surface area contributed by atoms with E-state index in [-0.39, 0.29) is 23.6 Å². The van der Waals surface area contributed by atoms with E-state index in [4.69, 9.17) is 5.11 Å². The van der Waals surface area contributed by atoms with Crippen LogP contribution in [0, 0.1) is 0 Å². The largest absolute Gasteiger partial charge is 0.396 e. The summed E-state index contributed by atoms with van der Waals surface area (Å²) >= 11 is 0. The number of hydrogen-bond acceptors (Lipinski definition) is 4. The zero-order chi connectivity index (χ0) is 15.2. The minimum absolute atomic E-state index is 0.109. The first-order valence-electron chi connectivity index (χ1n) is 6.85. The lowest BCUT2D eigenvalue weighted by atomic mass is 10.1. The fourth-order valence-corrected chi connectivity index (χ4v) is 2.79. The van der Waals surface area contributed by atoms with Crippen molar-refractivity contribution >= 4 is 10.0 Å². The van der Waals surface area contributed by atoms with E-state index < -0.39 is 10.0 Å². The second-order valence-electron chi connectivity index (χ2n) is 4.78. The molecule has 1 aromatic carbocycles. The van der Waals surface area contributed by atoms with E-state index in [1.54, 1.807) is 12.1 Å². The van der Waals surface area contributed by atoms with Crippen molar-refractivity contribution < 1.29 is 13.5 Å². The number of hydrogen-bond donors (Lipinski definition) is 3. The van der Waals surface area contributed by atoms with E-state index in [1.165, 1.54) is 7.05 Å². The molecule has 0 saturated carbocycles. The summed E-state index contributed by atoms with van der Waals surface area (Å²) in [5.41, 5.74) is 1.02. The van der Waals surface area contributed by atoms with E-state index in [0.29, 0.717) is 6.42 Å². The zero-order valence-electron chi connectivity index (χ0n) is 12.3. The van der Waals surface area contributed by atoms with Crippen LogP contribution in [0.2, 0.25) is 0 Å². The number of rotatable bonds is 8. The number of aliphatic hydroxyl groups is 1. The van der Waals surface area contributed by atoms with Gasteiger partial charge in [0.25, 0.3) is 0 Å². The summed E-state index contributed by atoms with van der Waals surface area (Å²) in [5.74, 6) is 0. The van der Waals surface area contributed by atoms with Gasteiger partial charge in [-0.25, -0.2) is 13.1 Å². The van der Waals surface area contributed by atoms with E-state index in [0.717, 1.165) is 12.0 Å². The van der Waals surface area contributed by atoms with Crippen molar-refractivity contribution in [3.63, 3.8) is 0 Å². The van der Waals surface area contributed by atoms with Crippen LogP contribution in [0.25, 0.3) is 0 Å². The molecule has 0 fully saturated rings. The summed E-state index contributed by atoms with van der Waals surface area (Å²) in [6, 6.07) is 7.20. The summed E-state index contributed by atoms with van der Waals surface area (Å²) in [5, 5.41) is 12.4. The first kappa shape index (κ1) is 17.1. The van der Waals surface area contributed by atoms with Crippen molar-refractivity contribution in [1.29, 1.82) is 0 Å². The summed E-state index contributed by atoms with van der Waals surface area (Å²) in [6.07, 6.45) is 1.66. The Bertz CT molecular complexity index is 500. The van der Waals surface area contributed by atoms with Gasteiger partial charge in [0, 0.05) is 18.7 Å². The molecule has 20 heavy (non-hydrogen) atoms. The van der Waals surface area contributed by atoms with Crippen LogP contribution < -0.4 is 10.0 Å². The molecular formula is C14H24N2O3S. The fourth-order valence-electron chi connectivity index (χ4n) is 2.06. The Morgan fingerprint density at radius 3 is 2.30 bits per heavy atom.